The predicted molar refractivity (Wildman–Crippen MR) is 73.9 cm³/mol. The Labute approximate surface area is 121 Å². The maximum Gasteiger partial charge on any atom is 0.306 e. The van der Waals surface area contributed by atoms with Crippen LogP contribution in [-0.2, 0) is 9.53 Å². The Hall–Kier alpha value is -2.35. The van der Waals surface area contributed by atoms with E-state index >= 15 is 0 Å². The highest BCUT2D eigenvalue weighted by molar-refractivity contribution is 5.68. The van der Waals surface area contributed by atoms with Crippen molar-refractivity contribution in [2.24, 2.45) is 0 Å². The van der Waals surface area contributed by atoms with Crippen LogP contribution in [0.1, 0.15) is 6.42 Å². The number of rotatable bonds is 5. The molecule has 0 bridgehead atoms. The number of benzene rings is 1. The second-order valence-corrected chi connectivity index (χ2v) is 4.65. The number of anilines is 1. The van der Waals surface area contributed by atoms with Crippen molar-refractivity contribution in [3.63, 3.8) is 0 Å². The summed E-state index contributed by atoms with van der Waals surface area (Å²) in [5, 5.41) is 20.0. The Bertz CT molecular complexity index is 547. The lowest BCUT2D eigenvalue weighted by atomic mass is 10.1. The first-order valence-corrected chi connectivity index (χ1v) is 6.42. The fraction of sp³-hybridized carbons (Fsp3) is 0.462. The van der Waals surface area contributed by atoms with Gasteiger partial charge in [-0.1, -0.05) is 0 Å². The van der Waals surface area contributed by atoms with Crippen LogP contribution in [0.15, 0.2) is 18.2 Å². The summed E-state index contributed by atoms with van der Waals surface area (Å²) in [6, 6.07) is 4.61. The van der Waals surface area contributed by atoms with Crippen molar-refractivity contribution in [3.8, 4) is 5.75 Å². The number of carboxylic acids is 1. The standard InChI is InChI=1S/C13H16N2O6/c1-20-9-2-3-11(12(6-9)15(18)19)14-4-5-21-10(8-14)7-13(16)17/h2-3,6,10H,4-5,7-8H2,1H3,(H,16,17). The molecule has 8 heteroatoms. The first-order valence-electron chi connectivity index (χ1n) is 6.42. The molecule has 0 amide bonds. The maximum absolute atomic E-state index is 11.2. The summed E-state index contributed by atoms with van der Waals surface area (Å²) in [6.45, 7) is 1.11. The van der Waals surface area contributed by atoms with E-state index in [4.69, 9.17) is 14.6 Å². The topological polar surface area (TPSA) is 102 Å². The van der Waals surface area contributed by atoms with Gasteiger partial charge in [-0.25, -0.2) is 0 Å². The van der Waals surface area contributed by atoms with E-state index in [2.05, 4.69) is 0 Å². The maximum atomic E-state index is 11.2. The van der Waals surface area contributed by atoms with Crippen molar-refractivity contribution in [2.75, 3.05) is 31.7 Å². The normalized spacial score (nSPS) is 18.3. The van der Waals surface area contributed by atoms with Crippen molar-refractivity contribution in [3.05, 3.63) is 28.3 Å². The van der Waals surface area contributed by atoms with Crippen molar-refractivity contribution in [1.29, 1.82) is 0 Å². The monoisotopic (exact) mass is 296 g/mol. The lowest BCUT2D eigenvalue weighted by Gasteiger charge is -2.33. The Kier molecular flexibility index (Phi) is 4.59. The molecule has 0 aliphatic carbocycles. The second kappa shape index (κ2) is 6.40. The van der Waals surface area contributed by atoms with Crippen LogP contribution in [0.2, 0.25) is 0 Å². The highest BCUT2D eigenvalue weighted by atomic mass is 16.6. The summed E-state index contributed by atoms with van der Waals surface area (Å²) in [6.07, 6.45) is -0.599. The van der Waals surface area contributed by atoms with Crippen molar-refractivity contribution < 1.29 is 24.3 Å². The minimum atomic E-state index is -0.953. The zero-order valence-corrected chi connectivity index (χ0v) is 11.5. The number of ether oxygens (including phenoxy) is 2. The molecule has 1 aliphatic heterocycles. The van der Waals surface area contributed by atoms with Gasteiger partial charge in [-0.3, -0.25) is 14.9 Å². The van der Waals surface area contributed by atoms with Crippen LogP contribution in [0, 0.1) is 10.1 Å². The number of nitrogens with zero attached hydrogens (tertiary/aromatic N) is 2. The van der Waals surface area contributed by atoms with Crippen molar-refractivity contribution >= 4 is 17.3 Å². The van der Waals surface area contributed by atoms with Gasteiger partial charge in [0.25, 0.3) is 5.69 Å². The van der Waals surface area contributed by atoms with E-state index in [0.717, 1.165) is 0 Å². The third-order valence-corrected chi connectivity index (χ3v) is 3.26. The molecular weight excluding hydrogens is 280 g/mol. The molecule has 1 aromatic rings. The quantitative estimate of drug-likeness (QED) is 0.645. The molecule has 1 N–H and O–H groups in total. The minimum absolute atomic E-state index is 0.0645. The molecule has 0 radical (unpaired) electrons. The number of nitro groups is 1. The van der Waals surface area contributed by atoms with Gasteiger partial charge >= 0.3 is 5.97 Å². The summed E-state index contributed by atoms with van der Waals surface area (Å²) < 4.78 is 10.4. The van der Waals surface area contributed by atoms with Crippen LogP contribution < -0.4 is 9.64 Å². The first-order chi connectivity index (χ1) is 10.0. The van der Waals surface area contributed by atoms with Crippen LogP contribution in [0.4, 0.5) is 11.4 Å². The third kappa shape index (κ3) is 3.60. The molecule has 0 saturated carbocycles. The first kappa shape index (κ1) is 15.0. The summed E-state index contributed by atoms with van der Waals surface area (Å²) >= 11 is 0. The van der Waals surface area contributed by atoms with E-state index in [-0.39, 0.29) is 12.1 Å². The Morgan fingerprint density at radius 1 is 1.62 bits per heavy atom. The third-order valence-electron chi connectivity index (χ3n) is 3.26. The van der Waals surface area contributed by atoms with Gasteiger partial charge in [0.1, 0.15) is 11.4 Å². The van der Waals surface area contributed by atoms with E-state index in [1.165, 1.54) is 13.2 Å². The molecule has 1 atom stereocenters. The molecule has 0 spiro atoms. The van der Waals surface area contributed by atoms with Gasteiger partial charge in [-0.05, 0) is 12.1 Å². The molecular formula is C13H16N2O6. The number of nitro benzene ring substituents is 1. The highest BCUT2D eigenvalue weighted by Gasteiger charge is 2.27. The molecule has 1 aliphatic rings. The largest absolute Gasteiger partial charge is 0.496 e. The molecule has 114 valence electrons. The lowest BCUT2D eigenvalue weighted by molar-refractivity contribution is -0.384. The van der Waals surface area contributed by atoms with Crippen LogP contribution >= 0.6 is 0 Å². The number of carboxylic acid groups (broad SMARTS) is 1. The van der Waals surface area contributed by atoms with Gasteiger partial charge in [0, 0.05) is 13.1 Å². The summed E-state index contributed by atoms with van der Waals surface area (Å²) in [5.41, 5.74) is 0.379. The minimum Gasteiger partial charge on any atom is -0.496 e. The Morgan fingerprint density at radius 2 is 2.38 bits per heavy atom. The SMILES string of the molecule is COc1ccc(N2CCOC(CC(=O)O)C2)c([N+](=O)[O-])c1. The van der Waals surface area contributed by atoms with Crippen LogP contribution in [0.3, 0.4) is 0 Å². The van der Waals surface area contributed by atoms with E-state index in [0.29, 0.717) is 31.1 Å². The number of carbonyl (C=O) groups is 1. The van der Waals surface area contributed by atoms with E-state index in [9.17, 15) is 14.9 Å². The molecule has 2 rings (SSSR count). The fourth-order valence-corrected chi connectivity index (χ4v) is 2.30. The molecule has 0 aromatic heterocycles. The smallest absolute Gasteiger partial charge is 0.306 e. The van der Waals surface area contributed by atoms with E-state index < -0.39 is 17.0 Å². The van der Waals surface area contributed by atoms with Gasteiger partial charge in [-0.2, -0.15) is 0 Å². The lowest BCUT2D eigenvalue weighted by Crippen LogP contribution is -2.43. The van der Waals surface area contributed by atoms with E-state index in [1.54, 1.807) is 17.0 Å². The van der Waals surface area contributed by atoms with Gasteiger partial charge in [0.15, 0.2) is 0 Å². The summed E-state index contributed by atoms with van der Waals surface area (Å²) in [4.78, 5) is 23.2. The fourth-order valence-electron chi connectivity index (χ4n) is 2.30. The molecule has 1 unspecified atom stereocenters. The second-order valence-electron chi connectivity index (χ2n) is 4.65. The number of hydrogen-bond donors (Lipinski definition) is 1. The number of hydrogen-bond acceptors (Lipinski definition) is 6. The number of aliphatic carboxylic acids is 1. The van der Waals surface area contributed by atoms with Crippen LogP contribution in [0.25, 0.3) is 0 Å². The summed E-state index contributed by atoms with van der Waals surface area (Å²) in [5.74, 6) is -0.549. The Morgan fingerprint density at radius 3 is 3.00 bits per heavy atom. The number of methoxy groups -OCH3 is 1. The van der Waals surface area contributed by atoms with Crippen molar-refractivity contribution in [2.45, 2.75) is 12.5 Å². The van der Waals surface area contributed by atoms with Gasteiger partial charge < -0.3 is 19.5 Å². The van der Waals surface area contributed by atoms with Gasteiger partial charge in [-0.15, -0.1) is 0 Å². The Balaban J connectivity index is 2.24. The van der Waals surface area contributed by atoms with Crippen LogP contribution in [-0.4, -0.2) is 48.9 Å². The van der Waals surface area contributed by atoms with E-state index in [1.807, 2.05) is 0 Å². The molecule has 1 aromatic carbocycles. The van der Waals surface area contributed by atoms with Crippen molar-refractivity contribution in [1.82, 2.24) is 0 Å². The average Bonchev–Trinajstić information content (AvgIpc) is 2.46. The average molecular weight is 296 g/mol. The number of morpholine rings is 1. The zero-order valence-electron chi connectivity index (χ0n) is 11.5. The molecule has 1 heterocycles. The summed E-state index contributed by atoms with van der Waals surface area (Å²) in [7, 11) is 1.44. The van der Waals surface area contributed by atoms with Gasteiger partial charge in [0.2, 0.25) is 0 Å². The predicted octanol–water partition coefficient (Wildman–Crippen LogP) is 1.28. The zero-order chi connectivity index (χ0) is 15.4. The molecule has 1 fully saturated rings. The molecule has 21 heavy (non-hydrogen) atoms. The highest BCUT2D eigenvalue weighted by Crippen LogP contribution is 2.33. The van der Waals surface area contributed by atoms with Crippen LogP contribution in [0.5, 0.6) is 5.75 Å². The molecule has 1 saturated heterocycles. The van der Waals surface area contributed by atoms with Gasteiger partial charge in [0.05, 0.1) is 37.2 Å². The molecule has 8 nitrogen and oxygen atoms in total.